The normalized spacial score (nSPS) is 11.2. The van der Waals surface area contributed by atoms with Crippen LogP contribution in [0.4, 0.5) is 0 Å². The molecule has 2 nitrogen and oxygen atoms in total. The second-order valence-corrected chi connectivity index (χ2v) is 6.43. The summed E-state index contributed by atoms with van der Waals surface area (Å²) in [6.45, 7) is 3.27. The lowest BCUT2D eigenvalue weighted by Gasteiger charge is -2.09. The first kappa shape index (κ1) is 16.1. The van der Waals surface area contributed by atoms with Gasteiger partial charge in [0.05, 0.1) is 11.0 Å². The maximum absolute atomic E-state index is 6.02. The van der Waals surface area contributed by atoms with Crippen molar-refractivity contribution in [2.75, 3.05) is 0 Å². The zero-order valence-electron chi connectivity index (χ0n) is 13.6. The van der Waals surface area contributed by atoms with Gasteiger partial charge in [-0.25, -0.2) is 4.98 Å². The third-order valence-electron chi connectivity index (χ3n) is 4.24. The van der Waals surface area contributed by atoms with Gasteiger partial charge in [-0.3, -0.25) is 0 Å². The van der Waals surface area contributed by atoms with Crippen LogP contribution >= 0.6 is 11.6 Å². The second-order valence-electron chi connectivity index (χ2n) is 6.00. The van der Waals surface area contributed by atoms with Gasteiger partial charge in [0.15, 0.2) is 0 Å². The Morgan fingerprint density at radius 1 is 0.913 bits per heavy atom. The number of unbranched alkanes of at least 4 members (excludes halogenated alkanes) is 4. The molecule has 0 saturated carbocycles. The standard InChI is InChI=1S/C20H23ClN2/c1-2-3-4-5-8-15-23-19-10-7-6-9-18(19)22-20(23)16-11-13-17(21)14-12-16/h6-7,9-14H,2-5,8,15H2,1H3. The summed E-state index contributed by atoms with van der Waals surface area (Å²) in [7, 11) is 0. The molecule has 23 heavy (non-hydrogen) atoms. The van der Waals surface area contributed by atoms with E-state index in [-0.39, 0.29) is 0 Å². The lowest BCUT2D eigenvalue weighted by molar-refractivity contribution is 0.578. The van der Waals surface area contributed by atoms with Crippen LogP contribution in [0.5, 0.6) is 0 Å². The van der Waals surface area contributed by atoms with Crippen LogP contribution in [0.3, 0.4) is 0 Å². The molecule has 3 rings (SSSR count). The third-order valence-corrected chi connectivity index (χ3v) is 4.49. The highest BCUT2D eigenvalue weighted by Gasteiger charge is 2.11. The summed E-state index contributed by atoms with van der Waals surface area (Å²) in [6.07, 6.45) is 6.40. The number of aromatic nitrogens is 2. The van der Waals surface area contributed by atoms with Crippen LogP contribution in [0.25, 0.3) is 22.4 Å². The molecule has 0 radical (unpaired) electrons. The van der Waals surface area contributed by atoms with Gasteiger partial charge in [0.2, 0.25) is 0 Å². The number of hydrogen-bond donors (Lipinski definition) is 0. The molecule has 0 aliphatic carbocycles. The highest BCUT2D eigenvalue weighted by Crippen LogP contribution is 2.26. The van der Waals surface area contributed by atoms with E-state index in [1.165, 1.54) is 37.6 Å². The predicted molar refractivity (Wildman–Crippen MR) is 98.9 cm³/mol. The molecular weight excluding hydrogens is 304 g/mol. The van der Waals surface area contributed by atoms with Crippen molar-refractivity contribution in [3.8, 4) is 11.4 Å². The van der Waals surface area contributed by atoms with Crippen molar-refractivity contribution in [1.29, 1.82) is 0 Å². The largest absolute Gasteiger partial charge is 0.324 e. The van der Waals surface area contributed by atoms with Crippen molar-refractivity contribution in [3.05, 3.63) is 53.6 Å². The maximum Gasteiger partial charge on any atom is 0.141 e. The average Bonchev–Trinajstić information content (AvgIpc) is 2.94. The molecule has 0 spiro atoms. The van der Waals surface area contributed by atoms with E-state index in [0.717, 1.165) is 28.5 Å². The number of nitrogens with zero attached hydrogens (tertiary/aromatic N) is 2. The molecule has 0 amide bonds. The van der Waals surface area contributed by atoms with Crippen LogP contribution in [0.1, 0.15) is 39.0 Å². The summed E-state index contributed by atoms with van der Waals surface area (Å²) >= 11 is 6.02. The van der Waals surface area contributed by atoms with E-state index in [0.29, 0.717) is 0 Å². The summed E-state index contributed by atoms with van der Waals surface area (Å²) in [6, 6.07) is 16.4. The Labute approximate surface area is 143 Å². The summed E-state index contributed by atoms with van der Waals surface area (Å²) in [5.41, 5.74) is 3.40. The summed E-state index contributed by atoms with van der Waals surface area (Å²) in [4.78, 5) is 4.85. The van der Waals surface area contributed by atoms with Gasteiger partial charge in [0.1, 0.15) is 5.82 Å². The minimum Gasteiger partial charge on any atom is -0.324 e. The van der Waals surface area contributed by atoms with Gasteiger partial charge in [-0.1, -0.05) is 56.3 Å². The number of aryl methyl sites for hydroxylation is 1. The minimum atomic E-state index is 0.760. The summed E-state index contributed by atoms with van der Waals surface area (Å²) in [5, 5.41) is 0.760. The van der Waals surface area contributed by atoms with Crippen LogP contribution in [-0.2, 0) is 6.54 Å². The molecule has 0 N–H and O–H groups in total. The van der Waals surface area contributed by atoms with Crippen LogP contribution in [-0.4, -0.2) is 9.55 Å². The number of benzene rings is 2. The number of imidazole rings is 1. The minimum absolute atomic E-state index is 0.760. The van der Waals surface area contributed by atoms with Crippen molar-refractivity contribution in [3.63, 3.8) is 0 Å². The number of para-hydroxylation sites is 2. The molecule has 0 aliphatic rings. The zero-order chi connectivity index (χ0) is 16.1. The number of rotatable bonds is 7. The van der Waals surface area contributed by atoms with E-state index in [4.69, 9.17) is 16.6 Å². The fraction of sp³-hybridized carbons (Fsp3) is 0.350. The average molecular weight is 327 g/mol. The molecule has 0 fully saturated rings. The van der Waals surface area contributed by atoms with Crippen molar-refractivity contribution in [2.24, 2.45) is 0 Å². The first-order valence-corrected chi connectivity index (χ1v) is 8.88. The smallest absolute Gasteiger partial charge is 0.141 e. The van der Waals surface area contributed by atoms with Crippen molar-refractivity contribution < 1.29 is 0 Å². The van der Waals surface area contributed by atoms with Crippen LogP contribution < -0.4 is 0 Å². The maximum atomic E-state index is 6.02. The fourth-order valence-electron chi connectivity index (χ4n) is 2.99. The van der Waals surface area contributed by atoms with Gasteiger partial charge >= 0.3 is 0 Å². The molecular formula is C20H23ClN2. The SMILES string of the molecule is CCCCCCCn1c(-c2ccc(Cl)cc2)nc2ccccc21. The van der Waals surface area contributed by atoms with E-state index in [1.54, 1.807) is 0 Å². The van der Waals surface area contributed by atoms with Gasteiger partial charge in [-0.2, -0.15) is 0 Å². The second kappa shape index (κ2) is 7.65. The topological polar surface area (TPSA) is 17.8 Å². The Morgan fingerprint density at radius 3 is 2.43 bits per heavy atom. The first-order valence-electron chi connectivity index (χ1n) is 8.51. The lowest BCUT2D eigenvalue weighted by Crippen LogP contribution is -2.01. The molecule has 3 heteroatoms. The molecule has 0 aliphatic heterocycles. The van der Waals surface area contributed by atoms with Gasteiger partial charge < -0.3 is 4.57 Å². The van der Waals surface area contributed by atoms with E-state index < -0.39 is 0 Å². The Morgan fingerprint density at radius 2 is 1.65 bits per heavy atom. The van der Waals surface area contributed by atoms with Crippen molar-refractivity contribution >= 4 is 22.6 Å². The molecule has 0 bridgehead atoms. The highest BCUT2D eigenvalue weighted by atomic mass is 35.5. The molecule has 1 aromatic heterocycles. The molecule has 120 valence electrons. The molecule has 0 saturated heterocycles. The number of halogens is 1. The Hall–Kier alpha value is -1.80. The molecule has 0 atom stereocenters. The Kier molecular flexibility index (Phi) is 5.35. The predicted octanol–water partition coefficient (Wildman–Crippen LogP) is 6.33. The molecule has 2 aromatic carbocycles. The monoisotopic (exact) mass is 326 g/mol. The highest BCUT2D eigenvalue weighted by molar-refractivity contribution is 6.30. The van der Waals surface area contributed by atoms with Gasteiger partial charge in [-0.05, 0) is 42.8 Å². The Bertz CT molecular complexity index is 759. The third kappa shape index (κ3) is 3.76. The van der Waals surface area contributed by atoms with Gasteiger partial charge in [0.25, 0.3) is 0 Å². The van der Waals surface area contributed by atoms with Gasteiger partial charge in [-0.15, -0.1) is 0 Å². The number of fused-ring (bicyclic) bond motifs is 1. The van der Waals surface area contributed by atoms with E-state index >= 15 is 0 Å². The lowest BCUT2D eigenvalue weighted by atomic mass is 10.1. The first-order chi connectivity index (χ1) is 11.3. The summed E-state index contributed by atoms with van der Waals surface area (Å²) in [5.74, 6) is 1.04. The zero-order valence-corrected chi connectivity index (χ0v) is 14.4. The quantitative estimate of drug-likeness (QED) is 0.464. The molecule has 3 aromatic rings. The van der Waals surface area contributed by atoms with Crippen LogP contribution in [0.15, 0.2) is 48.5 Å². The Balaban J connectivity index is 1.90. The molecule has 0 unspecified atom stereocenters. The fourth-order valence-corrected chi connectivity index (χ4v) is 3.12. The van der Waals surface area contributed by atoms with E-state index in [1.807, 2.05) is 18.2 Å². The van der Waals surface area contributed by atoms with Gasteiger partial charge in [0, 0.05) is 17.1 Å². The van der Waals surface area contributed by atoms with Crippen molar-refractivity contribution in [1.82, 2.24) is 9.55 Å². The van der Waals surface area contributed by atoms with Crippen LogP contribution in [0, 0.1) is 0 Å². The summed E-state index contributed by atoms with van der Waals surface area (Å²) < 4.78 is 2.35. The molecule has 1 heterocycles. The van der Waals surface area contributed by atoms with Crippen LogP contribution in [0.2, 0.25) is 5.02 Å². The van der Waals surface area contributed by atoms with Crippen molar-refractivity contribution in [2.45, 2.75) is 45.6 Å². The van der Waals surface area contributed by atoms with E-state index in [2.05, 4.69) is 41.8 Å². The number of hydrogen-bond acceptors (Lipinski definition) is 1. The van der Waals surface area contributed by atoms with E-state index in [9.17, 15) is 0 Å².